The van der Waals surface area contributed by atoms with Gasteiger partial charge in [-0.1, -0.05) is 30.3 Å². The Balaban J connectivity index is 2.26. The van der Waals surface area contributed by atoms with Gasteiger partial charge >= 0.3 is 12.1 Å². The largest absolute Gasteiger partial charge is 0.481 e. The third-order valence-electron chi connectivity index (χ3n) is 3.98. The second kappa shape index (κ2) is 7.66. The molecule has 1 aliphatic rings. The highest BCUT2D eigenvalue weighted by Crippen LogP contribution is 2.37. The Bertz CT molecular complexity index is 1010. The molecule has 2 amide bonds. The number of hydrogen-bond donors (Lipinski definition) is 3. The van der Waals surface area contributed by atoms with Gasteiger partial charge in [0.15, 0.2) is 6.61 Å². The van der Waals surface area contributed by atoms with Crippen molar-refractivity contribution in [3.63, 3.8) is 0 Å². The molecule has 2 aromatic rings. The molecule has 1 saturated heterocycles. The van der Waals surface area contributed by atoms with Crippen LogP contribution in [0.25, 0.3) is 5.57 Å². The Morgan fingerprint density at radius 3 is 2.28 bits per heavy atom. The molecule has 0 radical (unpaired) electrons. The van der Waals surface area contributed by atoms with E-state index in [1.54, 1.807) is 0 Å². The first-order chi connectivity index (χ1) is 13.7. The number of alkyl halides is 3. The summed E-state index contributed by atoms with van der Waals surface area (Å²) in [7, 11) is 0. The SMILES string of the molecule is O=C(O)COc1ccccc1C(=C1C(=O)NNC1=O)c1cccc(C(F)(F)F)c1. The van der Waals surface area contributed by atoms with Crippen LogP contribution in [0.5, 0.6) is 5.75 Å². The zero-order valence-corrected chi connectivity index (χ0v) is 14.5. The highest BCUT2D eigenvalue weighted by atomic mass is 19.4. The first-order valence-electron chi connectivity index (χ1n) is 8.15. The van der Waals surface area contributed by atoms with Gasteiger partial charge in [-0.25, -0.2) is 4.79 Å². The van der Waals surface area contributed by atoms with Crippen molar-refractivity contribution >= 4 is 23.4 Å². The summed E-state index contributed by atoms with van der Waals surface area (Å²) in [6, 6.07) is 9.94. The van der Waals surface area contributed by atoms with Crippen molar-refractivity contribution in [3.8, 4) is 5.75 Å². The number of benzene rings is 2. The first kappa shape index (κ1) is 19.9. The van der Waals surface area contributed by atoms with Crippen LogP contribution in [0.3, 0.4) is 0 Å². The molecule has 29 heavy (non-hydrogen) atoms. The van der Waals surface area contributed by atoms with Crippen LogP contribution in [0.15, 0.2) is 54.1 Å². The molecular weight excluding hydrogens is 393 g/mol. The summed E-state index contributed by atoms with van der Waals surface area (Å²) in [5.74, 6) is -2.96. The van der Waals surface area contributed by atoms with E-state index in [0.29, 0.717) is 0 Å². The molecule has 7 nitrogen and oxygen atoms in total. The Morgan fingerprint density at radius 1 is 1.00 bits per heavy atom. The van der Waals surface area contributed by atoms with Crippen molar-refractivity contribution in [1.29, 1.82) is 0 Å². The molecule has 3 N–H and O–H groups in total. The smallest absolute Gasteiger partial charge is 0.416 e. The molecule has 0 spiro atoms. The summed E-state index contributed by atoms with van der Waals surface area (Å²) < 4.78 is 44.8. The van der Waals surface area contributed by atoms with E-state index in [2.05, 4.69) is 10.9 Å². The second-order valence-corrected chi connectivity index (χ2v) is 5.92. The number of rotatable bonds is 5. The number of hydrazine groups is 1. The van der Waals surface area contributed by atoms with Crippen LogP contribution in [0, 0.1) is 0 Å². The van der Waals surface area contributed by atoms with E-state index in [1.807, 2.05) is 0 Å². The fourth-order valence-corrected chi connectivity index (χ4v) is 2.79. The highest BCUT2D eigenvalue weighted by molar-refractivity contribution is 6.28. The molecule has 1 aliphatic heterocycles. The lowest BCUT2D eigenvalue weighted by Gasteiger charge is -2.16. The molecule has 2 aromatic carbocycles. The van der Waals surface area contributed by atoms with Gasteiger partial charge in [-0.05, 0) is 23.8 Å². The monoisotopic (exact) mass is 406 g/mol. The number of carbonyl (C=O) groups is 3. The quantitative estimate of drug-likeness (QED) is 0.521. The molecule has 3 rings (SSSR count). The molecule has 0 bridgehead atoms. The van der Waals surface area contributed by atoms with E-state index >= 15 is 0 Å². The molecule has 0 unspecified atom stereocenters. The van der Waals surface area contributed by atoms with Gasteiger partial charge in [0.2, 0.25) is 0 Å². The lowest BCUT2D eigenvalue weighted by Crippen LogP contribution is -2.28. The van der Waals surface area contributed by atoms with Gasteiger partial charge in [0.05, 0.1) is 5.56 Å². The number of halogens is 3. The fourth-order valence-electron chi connectivity index (χ4n) is 2.79. The van der Waals surface area contributed by atoms with Gasteiger partial charge in [0.1, 0.15) is 11.3 Å². The summed E-state index contributed by atoms with van der Waals surface area (Å²) in [6.45, 7) is -0.722. The Labute approximate surface area is 161 Å². The molecule has 1 fully saturated rings. The van der Waals surface area contributed by atoms with Crippen LogP contribution in [0.4, 0.5) is 13.2 Å². The Hall–Kier alpha value is -3.82. The van der Waals surface area contributed by atoms with E-state index in [1.165, 1.54) is 30.3 Å². The maximum absolute atomic E-state index is 13.2. The maximum Gasteiger partial charge on any atom is 0.416 e. The predicted octanol–water partition coefficient (Wildman–Crippen LogP) is 2.13. The number of hydrogen-bond acceptors (Lipinski definition) is 4. The second-order valence-electron chi connectivity index (χ2n) is 5.92. The summed E-state index contributed by atoms with van der Waals surface area (Å²) >= 11 is 0. The van der Waals surface area contributed by atoms with Crippen LogP contribution in [0.2, 0.25) is 0 Å². The van der Waals surface area contributed by atoms with Crippen molar-refractivity contribution in [2.24, 2.45) is 0 Å². The zero-order chi connectivity index (χ0) is 21.2. The van der Waals surface area contributed by atoms with Crippen molar-refractivity contribution < 1.29 is 37.4 Å². The normalized spacial score (nSPS) is 13.7. The number of carboxylic acid groups (broad SMARTS) is 1. The lowest BCUT2D eigenvalue weighted by molar-refractivity contribution is -0.139. The average Bonchev–Trinajstić information content (AvgIpc) is 3.00. The fraction of sp³-hybridized carbons (Fsp3) is 0.105. The molecular formula is C19H13F3N2O5. The predicted molar refractivity (Wildman–Crippen MR) is 93.3 cm³/mol. The number of amides is 2. The van der Waals surface area contributed by atoms with E-state index in [4.69, 9.17) is 9.84 Å². The number of aliphatic carboxylic acids is 1. The third kappa shape index (κ3) is 4.21. The topological polar surface area (TPSA) is 105 Å². The minimum atomic E-state index is -4.65. The number of ether oxygens (including phenoxy) is 1. The van der Waals surface area contributed by atoms with Gasteiger partial charge in [0, 0.05) is 11.1 Å². The Morgan fingerprint density at radius 2 is 1.66 bits per heavy atom. The maximum atomic E-state index is 13.2. The minimum absolute atomic E-state index is 0.0117. The molecule has 0 aromatic heterocycles. The summed E-state index contributed by atoms with van der Waals surface area (Å²) in [5.41, 5.74) is 2.71. The van der Waals surface area contributed by atoms with Crippen LogP contribution in [-0.2, 0) is 20.6 Å². The van der Waals surface area contributed by atoms with Crippen LogP contribution >= 0.6 is 0 Å². The number of para-hydroxylation sites is 1. The van der Waals surface area contributed by atoms with Crippen LogP contribution in [-0.4, -0.2) is 29.5 Å². The number of carboxylic acids is 1. The molecule has 10 heteroatoms. The molecule has 0 atom stereocenters. The Kier molecular flexibility index (Phi) is 5.26. The van der Waals surface area contributed by atoms with E-state index in [0.717, 1.165) is 18.2 Å². The van der Waals surface area contributed by atoms with Crippen LogP contribution in [0.1, 0.15) is 16.7 Å². The van der Waals surface area contributed by atoms with Crippen molar-refractivity contribution in [2.75, 3.05) is 6.61 Å². The molecule has 150 valence electrons. The molecule has 0 aliphatic carbocycles. The van der Waals surface area contributed by atoms with Crippen LogP contribution < -0.4 is 15.6 Å². The highest BCUT2D eigenvalue weighted by Gasteiger charge is 2.34. The van der Waals surface area contributed by atoms with Gasteiger partial charge in [-0.15, -0.1) is 0 Å². The summed E-state index contributed by atoms with van der Waals surface area (Å²) in [5, 5.41) is 8.85. The van der Waals surface area contributed by atoms with Gasteiger partial charge < -0.3 is 9.84 Å². The van der Waals surface area contributed by atoms with E-state index < -0.39 is 41.7 Å². The zero-order valence-electron chi connectivity index (χ0n) is 14.5. The summed E-state index contributed by atoms with van der Waals surface area (Å²) in [4.78, 5) is 35.3. The lowest BCUT2D eigenvalue weighted by atomic mass is 9.91. The van der Waals surface area contributed by atoms with Crippen molar-refractivity contribution in [2.45, 2.75) is 6.18 Å². The van der Waals surface area contributed by atoms with Gasteiger partial charge in [0.25, 0.3) is 11.8 Å². The molecule has 0 saturated carbocycles. The van der Waals surface area contributed by atoms with E-state index in [-0.39, 0.29) is 22.4 Å². The van der Waals surface area contributed by atoms with Crippen molar-refractivity contribution in [1.82, 2.24) is 10.9 Å². The first-order valence-corrected chi connectivity index (χ1v) is 8.15. The van der Waals surface area contributed by atoms with Gasteiger partial charge in [-0.3, -0.25) is 20.4 Å². The number of carbonyl (C=O) groups excluding carboxylic acids is 2. The van der Waals surface area contributed by atoms with Gasteiger partial charge in [-0.2, -0.15) is 13.2 Å². The van der Waals surface area contributed by atoms with Crippen molar-refractivity contribution in [3.05, 3.63) is 70.8 Å². The summed E-state index contributed by atoms with van der Waals surface area (Å²) in [6.07, 6.45) is -4.65. The van der Waals surface area contributed by atoms with E-state index in [9.17, 15) is 27.6 Å². The minimum Gasteiger partial charge on any atom is -0.481 e. The number of nitrogens with one attached hydrogen (secondary N) is 2. The molecule has 1 heterocycles. The average molecular weight is 406 g/mol. The standard InChI is InChI=1S/C19H13F3N2O5/c20-19(21,22)11-5-3-4-10(8-11)15(16-17(27)23-24-18(16)28)12-6-1-2-7-13(12)29-9-14(25)26/h1-8H,9H2,(H,23,27)(H,24,28)(H,25,26). The third-order valence-corrected chi connectivity index (χ3v) is 3.98.